The Hall–Kier alpha value is -3.27. The van der Waals surface area contributed by atoms with Crippen LogP contribution < -0.4 is 15.5 Å². The molecule has 0 amide bonds. The molecule has 0 aliphatic heterocycles. The SMILES string of the molecule is C=C(/C=C(\C)NC(C)=Nc1ccccc1)NC(=C)c1ccc(N(C)C)cc1. The molecule has 0 spiro atoms. The predicted octanol–water partition coefficient (Wildman–Crippen LogP) is 5.07. The summed E-state index contributed by atoms with van der Waals surface area (Å²) in [6.45, 7) is 12.1. The molecule has 0 aliphatic rings. The maximum atomic E-state index is 4.53. The maximum absolute atomic E-state index is 4.53. The zero-order valence-corrected chi connectivity index (χ0v) is 16.6. The minimum atomic E-state index is 0.759. The average molecular weight is 361 g/mol. The minimum Gasteiger partial charge on any atom is -0.378 e. The van der Waals surface area contributed by atoms with Gasteiger partial charge in [0.15, 0.2) is 0 Å². The molecule has 0 aliphatic carbocycles. The zero-order valence-electron chi connectivity index (χ0n) is 16.6. The molecular weight excluding hydrogens is 332 g/mol. The summed E-state index contributed by atoms with van der Waals surface area (Å²) in [6.07, 6.45) is 1.93. The van der Waals surface area contributed by atoms with Crippen molar-refractivity contribution in [2.24, 2.45) is 4.99 Å². The normalized spacial score (nSPS) is 11.7. The number of amidine groups is 1. The molecule has 4 heteroatoms. The summed E-state index contributed by atoms with van der Waals surface area (Å²) in [6, 6.07) is 18.1. The molecule has 0 radical (unpaired) electrons. The van der Waals surface area contributed by atoms with Gasteiger partial charge in [-0.15, -0.1) is 0 Å². The van der Waals surface area contributed by atoms with E-state index in [1.54, 1.807) is 0 Å². The molecule has 0 saturated carbocycles. The lowest BCUT2D eigenvalue weighted by atomic mass is 10.1. The summed E-state index contributed by atoms with van der Waals surface area (Å²) in [4.78, 5) is 6.60. The quantitative estimate of drug-likeness (QED) is 0.411. The van der Waals surface area contributed by atoms with E-state index in [-0.39, 0.29) is 0 Å². The third-order valence-electron chi connectivity index (χ3n) is 3.87. The summed E-state index contributed by atoms with van der Waals surface area (Å²) in [5, 5.41) is 6.51. The van der Waals surface area contributed by atoms with Gasteiger partial charge >= 0.3 is 0 Å². The molecule has 27 heavy (non-hydrogen) atoms. The second-order valence-electron chi connectivity index (χ2n) is 6.56. The average Bonchev–Trinajstić information content (AvgIpc) is 2.62. The number of para-hydroxylation sites is 1. The Labute approximate surface area is 162 Å². The van der Waals surface area contributed by atoms with Gasteiger partial charge in [-0.3, -0.25) is 0 Å². The van der Waals surface area contributed by atoms with Crippen LogP contribution in [0.15, 0.2) is 90.2 Å². The van der Waals surface area contributed by atoms with E-state index in [1.807, 2.05) is 76.5 Å². The fourth-order valence-electron chi connectivity index (χ4n) is 2.57. The molecule has 2 aromatic rings. The van der Waals surface area contributed by atoms with E-state index in [0.29, 0.717) is 0 Å². The van der Waals surface area contributed by atoms with Crippen molar-refractivity contribution >= 4 is 22.9 Å². The molecule has 0 aromatic heterocycles. The van der Waals surface area contributed by atoms with Crippen LogP contribution in [0.4, 0.5) is 11.4 Å². The lowest BCUT2D eigenvalue weighted by Gasteiger charge is -2.15. The smallest absolute Gasteiger partial charge is 0.103 e. The highest BCUT2D eigenvalue weighted by atomic mass is 15.1. The Balaban J connectivity index is 1.94. The van der Waals surface area contributed by atoms with E-state index < -0.39 is 0 Å². The number of hydrogen-bond acceptors (Lipinski definition) is 3. The summed E-state index contributed by atoms with van der Waals surface area (Å²) in [7, 11) is 4.04. The topological polar surface area (TPSA) is 39.7 Å². The van der Waals surface area contributed by atoms with Gasteiger partial charge in [-0.25, -0.2) is 4.99 Å². The van der Waals surface area contributed by atoms with Gasteiger partial charge in [0.2, 0.25) is 0 Å². The lowest BCUT2D eigenvalue weighted by molar-refractivity contribution is 1.06. The van der Waals surface area contributed by atoms with Crippen LogP contribution >= 0.6 is 0 Å². The number of aliphatic imine (C=N–C) groups is 1. The minimum absolute atomic E-state index is 0.759. The number of nitrogens with one attached hydrogen (secondary N) is 2. The zero-order chi connectivity index (χ0) is 19.8. The van der Waals surface area contributed by atoms with Crippen LogP contribution in [0.3, 0.4) is 0 Å². The Kier molecular flexibility index (Phi) is 7.00. The monoisotopic (exact) mass is 360 g/mol. The van der Waals surface area contributed by atoms with Crippen LogP contribution in [-0.2, 0) is 0 Å². The highest BCUT2D eigenvalue weighted by molar-refractivity contribution is 5.83. The molecule has 0 fully saturated rings. The Morgan fingerprint density at radius 3 is 2.15 bits per heavy atom. The number of allylic oxidation sites excluding steroid dienone is 2. The molecule has 0 heterocycles. The van der Waals surface area contributed by atoms with Crippen LogP contribution in [0.1, 0.15) is 19.4 Å². The van der Waals surface area contributed by atoms with Crippen molar-refractivity contribution in [3.05, 3.63) is 90.8 Å². The highest BCUT2D eigenvalue weighted by Crippen LogP contribution is 2.17. The number of hydrogen-bond donors (Lipinski definition) is 2. The van der Waals surface area contributed by atoms with Gasteiger partial charge in [0.25, 0.3) is 0 Å². The maximum Gasteiger partial charge on any atom is 0.103 e. The molecular formula is C23H28N4. The van der Waals surface area contributed by atoms with Crippen LogP contribution in [0, 0.1) is 0 Å². The van der Waals surface area contributed by atoms with E-state index in [9.17, 15) is 0 Å². The fourth-order valence-corrected chi connectivity index (χ4v) is 2.57. The van der Waals surface area contributed by atoms with E-state index >= 15 is 0 Å². The molecule has 0 bridgehead atoms. The van der Waals surface area contributed by atoms with Crippen molar-refractivity contribution in [3.8, 4) is 0 Å². The Bertz CT molecular complexity index is 844. The first-order valence-electron chi connectivity index (χ1n) is 8.83. The summed E-state index contributed by atoms with van der Waals surface area (Å²) >= 11 is 0. The van der Waals surface area contributed by atoms with E-state index in [1.165, 1.54) is 0 Å². The fraction of sp³-hybridized carbons (Fsp3) is 0.174. The summed E-state index contributed by atoms with van der Waals surface area (Å²) in [5.74, 6) is 0.820. The third kappa shape index (κ3) is 6.51. The van der Waals surface area contributed by atoms with Gasteiger partial charge in [-0.2, -0.15) is 0 Å². The van der Waals surface area contributed by atoms with E-state index in [0.717, 1.165) is 39.9 Å². The predicted molar refractivity (Wildman–Crippen MR) is 118 cm³/mol. The molecule has 0 saturated heterocycles. The molecule has 140 valence electrons. The standard InChI is InChI=1S/C23H28N4/c1-17(24-19(3)21-12-14-23(15-13-21)27(5)6)16-18(2)25-20(4)26-22-10-8-7-9-11-22/h7-16,24H,1,3H2,2,4-6H3,(H,25,26)/b18-16+. The summed E-state index contributed by atoms with van der Waals surface area (Å²) in [5.41, 5.74) is 5.61. The molecule has 4 nitrogen and oxygen atoms in total. The first-order valence-corrected chi connectivity index (χ1v) is 8.83. The van der Waals surface area contributed by atoms with E-state index in [2.05, 4.69) is 45.8 Å². The van der Waals surface area contributed by atoms with Gasteiger partial charge in [0, 0.05) is 36.9 Å². The number of anilines is 1. The molecule has 0 unspecified atom stereocenters. The third-order valence-corrected chi connectivity index (χ3v) is 3.87. The van der Waals surface area contributed by atoms with Crippen molar-refractivity contribution in [2.75, 3.05) is 19.0 Å². The molecule has 2 rings (SSSR count). The highest BCUT2D eigenvalue weighted by Gasteiger charge is 2.02. The van der Waals surface area contributed by atoms with Gasteiger partial charge in [0.05, 0.1) is 5.69 Å². The van der Waals surface area contributed by atoms with Crippen molar-refractivity contribution in [1.29, 1.82) is 0 Å². The second kappa shape index (κ2) is 9.43. The van der Waals surface area contributed by atoms with Crippen molar-refractivity contribution in [2.45, 2.75) is 13.8 Å². The van der Waals surface area contributed by atoms with Gasteiger partial charge < -0.3 is 15.5 Å². The Morgan fingerprint density at radius 2 is 1.56 bits per heavy atom. The first kappa shape index (κ1) is 20.0. The van der Waals surface area contributed by atoms with E-state index in [4.69, 9.17) is 0 Å². The second-order valence-corrected chi connectivity index (χ2v) is 6.56. The van der Waals surface area contributed by atoms with Gasteiger partial charge in [0.1, 0.15) is 5.84 Å². The number of rotatable bonds is 7. The number of benzene rings is 2. The van der Waals surface area contributed by atoms with Crippen molar-refractivity contribution in [3.63, 3.8) is 0 Å². The first-order chi connectivity index (χ1) is 12.8. The van der Waals surface area contributed by atoms with Gasteiger partial charge in [-0.1, -0.05) is 43.5 Å². The molecule has 2 N–H and O–H groups in total. The van der Waals surface area contributed by atoms with Crippen molar-refractivity contribution in [1.82, 2.24) is 10.6 Å². The van der Waals surface area contributed by atoms with Crippen molar-refractivity contribution < 1.29 is 0 Å². The lowest BCUT2D eigenvalue weighted by Crippen LogP contribution is -2.19. The van der Waals surface area contributed by atoms with Crippen LogP contribution in [0.5, 0.6) is 0 Å². The van der Waals surface area contributed by atoms with Crippen LogP contribution in [0.2, 0.25) is 0 Å². The van der Waals surface area contributed by atoms with Crippen LogP contribution in [0.25, 0.3) is 5.70 Å². The summed E-state index contributed by atoms with van der Waals surface area (Å²) < 4.78 is 0. The number of nitrogens with zero attached hydrogens (tertiary/aromatic N) is 2. The Morgan fingerprint density at radius 1 is 0.926 bits per heavy atom. The molecule has 0 atom stereocenters. The molecule has 2 aromatic carbocycles. The van der Waals surface area contributed by atoms with Gasteiger partial charge in [-0.05, 0) is 49.8 Å². The largest absolute Gasteiger partial charge is 0.378 e. The van der Waals surface area contributed by atoms with Crippen LogP contribution in [-0.4, -0.2) is 19.9 Å².